The van der Waals surface area contributed by atoms with Gasteiger partial charge in [0.15, 0.2) is 0 Å². The lowest BCUT2D eigenvalue weighted by Gasteiger charge is -2.16. The number of benzene rings is 3. The fourth-order valence-corrected chi connectivity index (χ4v) is 3.09. The predicted molar refractivity (Wildman–Crippen MR) is 100 cm³/mol. The maximum absolute atomic E-state index is 13.2. The Morgan fingerprint density at radius 1 is 0.567 bits per heavy atom. The van der Waals surface area contributed by atoms with Gasteiger partial charge in [-0.2, -0.15) is 26.3 Å². The monoisotopic (exact) mass is 426 g/mol. The van der Waals surface area contributed by atoms with Crippen LogP contribution < -0.4 is 9.47 Å². The van der Waals surface area contributed by atoms with Gasteiger partial charge in [-0.3, -0.25) is 0 Å². The molecule has 0 aromatic heterocycles. The standard InChI is InChI=1S/C22H16F6O2/c1-29-19-6-4-3-5-17(19)18-11-13(7-8-20(18)30-2)14-9-15(21(23,24)25)12-16(10-14)22(26,27)28/h3-12H,1-2H3. The summed E-state index contributed by atoms with van der Waals surface area (Å²) < 4.78 is 89.9. The fourth-order valence-electron chi connectivity index (χ4n) is 3.09. The minimum absolute atomic E-state index is 0.105. The van der Waals surface area contributed by atoms with Crippen molar-refractivity contribution in [1.29, 1.82) is 0 Å². The molecule has 0 aliphatic rings. The van der Waals surface area contributed by atoms with Crippen molar-refractivity contribution in [2.24, 2.45) is 0 Å². The van der Waals surface area contributed by atoms with Crippen LogP contribution in [-0.4, -0.2) is 14.2 Å². The zero-order valence-corrected chi connectivity index (χ0v) is 15.9. The van der Waals surface area contributed by atoms with Gasteiger partial charge in [0.05, 0.1) is 25.3 Å². The average Bonchev–Trinajstić information content (AvgIpc) is 2.71. The van der Waals surface area contributed by atoms with Gasteiger partial charge < -0.3 is 9.47 Å². The number of hydrogen-bond acceptors (Lipinski definition) is 2. The van der Waals surface area contributed by atoms with Crippen LogP contribution >= 0.6 is 0 Å². The van der Waals surface area contributed by atoms with E-state index < -0.39 is 23.5 Å². The van der Waals surface area contributed by atoms with E-state index in [0.717, 1.165) is 0 Å². The lowest BCUT2D eigenvalue weighted by Crippen LogP contribution is -2.11. The minimum Gasteiger partial charge on any atom is -0.496 e. The third kappa shape index (κ3) is 4.37. The molecular weight excluding hydrogens is 410 g/mol. The highest BCUT2D eigenvalue weighted by atomic mass is 19.4. The smallest absolute Gasteiger partial charge is 0.416 e. The number of para-hydroxylation sites is 1. The number of alkyl halides is 6. The first-order valence-electron chi connectivity index (χ1n) is 8.66. The molecule has 0 unspecified atom stereocenters. The lowest BCUT2D eigenvalue weighted by atomic mass is 9.95. The minimum atomic E-state index is -4.92. The molecule has 0 bridgehead atoms. The number of hydrogen-bond donors (Lipinski definition) is 0. The molecule has 8 heteroatoms. The molecule has 0 fully saturated rings. The van der Waals surface area contributed by atoms with Gasteiger partial charge in [-0.15, -0.1) is 0 Å². The number of rotatable bonds is 4. The first-order chi connectivity index (χ1) is 14.0. The first kappa shape index (κ1) is 21.5. The maximum Gasteiger partial charge on any atom is 0.416 e. The summed E-state index contributed by atoms with van der Waals surface area (Å²) in [6.07, 6.45) is -9.85. The van der Waals surface area contributed by atoms with Crippen LogP contribution in [0.3, 0.4) is 0 Å². The van der Waals surface area contributed by atoms with Crippen molar-refractivity contribution >= 4 is 0 Å². The summed E-state index contributed by atoms with van der Waals surface area (Å²) in [6, 6.07) is 12.8. The largest absolute Gasteiger partial charge is 0.496 e. The predicted octanol–water partition coefficient (Wildman–Crippen LogP) is 7.08. The molecule has 30 heavy (non-hydrogen) atoms. The molecule has 0 aliphatic heterocycles. The second-order valence-electron chi connectivity index (χ2n) is 6.41. The second-order valence-corrected chi connectivity index (χ2v) is 6.41. The molecule has 0 atom stereocenters. The van der Waals surface area contributed by atoms with Crippen LogP contribution in [0.5, 0.6) is 11.5 Å². The summed E-state index contributed by atoms with van der Waals surface area (Å²) in [6.45, 7) is 0. The zero-order chi connectivity index (χ0) is 22.1. The second kappa shape index (κ2) is 7.93. The summed E-state index contributed by atoms with van der Waals surface area (Å²) >= 11 is 0. The summed E-state index contributed by atoms with van der Waals surface area (Å²) in [4.78, 5) is 0. The van der Waals surface area contributed by atoms with E-state index in [1.807, 2.05) is 0 Å². The molecule has 0 saturated carbocycles. The van der Waals surface area contributed by atoms with Gasteiger partial charge in [-0.25, -0.2) is 0 Å². The van der Waals surface area contributed by atoms with E-state index in [9.17, 15) is 26.3 Å². The number of ether oxygens (including phenoxy) is 2. The number of methoxy groups -OCH3 is 2. The molecule has 0 N–H and O–H groups in total. The summed E-state index contributed by atoms with van der Waals surface area (Å²) in [5.74, 6) is 0.874. The fraction of sp³-hybridized carbons (Fsp3) is 0.182. The van der Waals surface area contributed by atoms with E-state index in [0.29, 0.717) is 34.8 Å². The van der Waals surface area contributed by atoms with Gasteiger partial charge in [0.1, 0.15) is 11.5 Å². The van der Waals surface area contributed by atoms with Gasteiger partial charge in [0.25, 0.3) is 0 Å². The molecule has 0 radical (unpaired) electrons. The Balaban J connectivity index is 2.24. The van der Waals surface area contributed by atoms with Gasteiger partial charge >= 0.3 is 12.4 Å². The van der Waals surface area contributed by atoms with E-state index in [-0.39, 0.29) is 17.2 Å². The molecule has 0 saturated heterocycles. The topological polar surface area (TPSA) is 18.5 Å². The van der Waals surface area contributed by atoms with E-state index >= 15 is 0 Å². The van der Waals surface area contributed by atoms with Crippen molar-refractivity contribution in [2.75, 3.05) is 14.2 Å². The van der Waals surface area contributed by atoms with E-state index in [4.69, 9.17) is 9.47 Å². The summed E-state index contributed by atoms with van der Waals surface area (Å²) in [5.41, 5.74) is -1.73. The lowest BCUT2D eigenvalue weighted by molar-refractivity contribution is -0.143. The third-order valence-corrected chi connectivity index (χ3v) is 4.52. The van der Waals surface area contributed by atoms with Crippen LogP contribution in [0.4, 0.5) is 26.3 Å². The molecule has 3 aromatic rings. The molecule has 0 heterocycles. The molecule has 2 nitrogen and oxygen atoms in total. The van der Waals surface area contributed by atoms with Crippen LogP contribution in [0.2, 0.25) is 0 Å². The molecule has 3 aromatic carbocycles. The van der Waals surface area contributed by atoms with Gasteiger partial charge in [0, 0.05) is 11.1 Å². The van der Waals surface area contributed by atoms with E-state index in [1.165, 1.54) is 32.4 Å². The van der Waals surface area contributed by atoms with Crippen molar-refractivity contribution < 1.29 is 35.8 Å². The molecule has 0 spiro atoms. The first-order valence-corrected chi connectivity index (χ1v) is 8.66. The zero-order valence-electron chi connectivity index (χ0n) is 15.9. The molecule has 158 valence electrons. The quantitative estimate of drug-likeness (QED) is 0.415. The Morgan fingerprint density at radius 2 is 1.10 bits per heavy atom. The van der Waals surface area contributed by atoms with Crippen molar-refractivity contribution in [3.05, 3.63) is 71.8 Å². The van der Waals surface area contributed by atoms with Gasteiger partial charge in [-0.05, 0) is 47.5 Å². The average molecular weight is 426 g/mol. The van der Waals surface area contributed by atoms with Crippen molar-refractivity contribution in [2.45, 2.75) is 12.4 Å². The van der Waals surface area contributed by atoms with E-state index in [2.05, 4.69) is 0 Å². The highest BCUT2D eigenvalue weighted by Crippen LogP contribution is 2.42. The van der Waals surface area contributed by atoms with Crippen molar-refractivity contribution in [3.63, 3.8) is 0 Å². The number of halogens is 6. The van der Waals surface area contributed by atoms with E-state index in [1.54, 1.807) is 24.3 Å². The molecule has 0 amide bonds. The Labute approximate surface area is 168 Å². The van der Waals surface area contributed by atoms with Gasteiger partial charge in [0.2, 0.25) is 0 Å². The highest BCUT2D eigenvalue weighted by Gasteiger charge is 2.37. The Morgan fingerprint density at radius 3 is 1.63 bits per heavy atom. The Hall–Kier alpha value is -3.16. The molecular formula is C22H16F6O2. The van der Waals surface area contributed by atoms with Crippen molar-refractivity contribution in [1.82, 2.24) is 0 Å². The van der Waals surface area contributed by atoms with Crippen molar-refractivity contribution in [3.8, 4) is 33.8 Å². The van der Waals surface area contributed by atoms with Crippen LogP contribution in [-0.2, 0) is 12.4 Å². The van der Waals surface area contributed by atoms with Crippen LogP contribution in [0, 0.1) is 0 Å². The summed E-state index contributed by atoms with van der Waals surface area (Å²) in [7, 11) is 2.87. The third-order valence-electron chi connectivity index (χ3n) is 4.52. The maximum atomic E-state index is 13.2. The van der Waals surface area contributed by atoms with Crippen LogP contribution in [0.25, 0.3) is 22.3 Å². The van der Waals surface area contributed by atoms with Crippen LogP contribution in [0.1, 0.15) is 11.1 Å². The Kier molecular flexibility index (Phi) is 5.70. The van der Waals surface area contributed by atoms with Crippen LogP contribution in [0.15, 0.2) is 60.7 Å². The SMILES string of the molecule is COc1ccccc1-c1cc(-c2cc(C(F)(F)F)cc(C(F)(F)F)c2)ccc1OC. The molecule has 0 aliphatic carbocycles. The normalized spacial score (nSPS) is 12.0. The summed E-state index contributed by atoms with van der Waals surface area (Å²) in [5, 5.41) is 0. The molecule has 3 rings (SSSR count). The Bertz CT molecular complexity index is 1020. The van der Waals surface area contributed by atoms with Gasteiger partial charge in [-0.1, -0.05) is 24.3 Å². The highest BCUT2D eigenvalue weighted by molar-refractivity contribution is 5.81.